The Labute approximate surface area is 160 Å². The molecule has 2 heterocycles. The van der Waals surface area contributed by atoms with Crippen LogP contribution in [0.15, 0.2) is 59.2 Å². The highest BCUT2D eigenvalue weighted by molar-refractivity contribution is 9.10. The molecule has 1 saturated heterocycles. The first-order valence-corrected chi connectivity index (χ1v) is 9.19. The maximum absolute atomic E-state index is 5.92. The van der Waals surface area contributed by atoms with Crippen LogP contribution in [-0.2, 0) is 11.3 Å². The SMILES string of the molecule is COc1ccc(N2CCOC2c2cn(Cc3cccc(Br)c3)nn2)cc1. The van der Waals surface area contributed by atoms with Crippen molar-refractivity contribution in [3.8, 4) is 5.75 Å². The van der Waals surface area contributed by atoms with E-state index in [1.165, 1.54) is 0 Å². The van der Waals surface area contributed by atoms with E-state index in [1.807, 2.05) is 47.3 Å². The maximum Gasteiger partial charge on any atom is 0.177 e. The molecule has 0 amide bonds. The Morgan fingerprint density at radius 3 is 2.85 bits per heavy atom. The maximum atomic E-state index is 5.92. The molecule has 1 aliphatic heterocycles. The van der Waals surface area contributed by atoms with Crippen molar-refractivity contribution in [2.24, 2.45) is 0 Å². The molecule has 0 spiro atoms. The minimum Gasteiger partial charge on any atom is -0.497 e. The summed E-state index contributed by atoms with van der Waals surface area (Å²) in [7, 11) is 1.67. The molecule has 1 atom stereocenters. The molecule has 0 bridgehead atoms. The van der Waals surface area contributed by atoms with E-state index in [1.54, 1.807) is 7.11 Å². The predicted molar refractivity (Wildman–Crippen MR) is 102 cm³/mol. The lowest BCUT2D eigenvalue weighted by atomic mass is 10.2. The zero-order valence-electron chi connectivity index (χ0n) is 14.4. The van der Waals surface area contributed by atoms with Crippen molar-refractivity contribution < 1.29 is 9.47 Å². The lowest BCUT2D eigenvalue weighted by Crippen LogP contribution is -2.23. The number of hydrogen-bond acceptors (Lipinski definition) is 5. The van der Waals surface area contributed by atoms with Gasteiger partial charge in [0.05, 0.1) is 26.5 Å². The summed E-state index contributed by atoms with van der Waals surface area (Å²) in [6.07, 6.45) is 1.73. The van der Waals surface area contributed by atoms with E-state index in [0.717, 1.165) is 33.7 Å². The van der Waals surface area contributed by atoms with Crippen LogP contribution in [0.3, 0.4) is 0 Å². The molecule has 0 radical (unpaired) electrons. The summed E-state index contributed by atoms with van der Waals surface area (Å²) in [6.45, 7) is 2.15. The van der Waals surface area contributed by atoms with Gasteiger partial charge in [0.25, 0.3) is 0 Å². The number of rotatable bonds is 5. The first-order chi connectivity index (χ1) is 12.7. The van der Waals surface area contributed by atoms with Crippen LogP contribution < -0.4 is 9.64 Å². The minimum atomic E-state index is -0.223. The summed E-state index contributed by atoms with van der Waals surface area (Å²) in [5.41, 5.74) is 3.05. The molecule has 0 saturated carbocycles. The lowest BCUT2D eigenvalue weighted by Gasteiger charge is -2.23. The summed E-state index contributed by atoms with van der Waals surface area (Å²) >= 11 is 3.50. The second kappa shape index (κ2) is 7.47. The van der Waals surface area contributed by atoms with Crippen molar-refractivity contribution in [2.75, 3.05) is 25.2 Å². The highest BCUT2D eigenvalue weighted by atomic mass is 79.9. The van der Waals surface area contributed by atoms with E-state index in [4.69, 9.17) is 9.47 Å². The second-order valence-electron chi connectivity index (χ2n) is 6.09. The normalized spacial score (nSPS) is 16.8. The number of ether oxygens (including phenoxy) is 2. The second-order valence-corrected chi connectivity index (χ2v) is 7.00. The topological polar surface area (TPSA) is 52.4 Å². The van der Waals surface area contributed by atoms with Crippen molar-refractivity contribution in [3.05, 3.63) is 70.5 Å². The van der Waals surface area contributed by atoms with E-state index in [2.05, 4.69) is 43.3 Å². The highest BCUT2D eigenvalue weighted by Crippen LogP contribution is 2.32. The Kier molecular flexibility index (Phi) is 4.90. The van der Waals surface area contributed by atoms with Crippen LogP contribution in [-0.4, -0.2) is 35.3 Å². The molecular weight excluding hydrogens is 396 g/mol. The van der Waals surface area contributed by atoms with Crippen molar-refractivity contribution >= 4 is 21.6 Å². The average molecular weight is 415 g/mol. The standard InChI is InChI=1S/C19H19BrN4O2/c1-25-17-7-5-16(6-8-17)24-9-10-26-19(24)18-13-23(22-21-18)12-14-3-2-4-15(20)11-14/h2-8,11,13,19H,9-10,12H2,1H3. The van der Waals surface area contributed by atoms with Crippen molar-refractivity contribution in [1.82, 2.24) is 15.0 Å². The number of nitrogens with zero attached hydrogens (tertiary/aromatic N) is 4. The van der Waals surface area contributed by atoms with Gasteiger partial charge in [-0.15, -0.1) is 5.10 Å². The largest absolute Gasteiger partial charge is 0.497 e. The minimum absolute atomic E-state index is 0.223. The number of hydrogen-bond donors (Lipinski definition) is 0. The Hall–Kier alpha value is -2.38. The van der Waals surface area contributed by atoms with E-state index >= 15 is 0 Å². The summed E-state index contributed by atoms with van der Waals surface area (Å²) < 4.78 is 14.0. The van der Waals surface area contributed by atoms with Crippen LogP contribution in [0.4, 0.5) is 5.69 Å². The number of aromatic nitrogens is 3. The van der Waals surface area contributed by atoms with Crippen LogP contribution in [0.2, 0.25) is 0 Å². The number of halogens is 1. The van der Waals surface area contributed by atoms with Crippen LogP contribution in [0.1, 0.15) is 17.5 Å². The molecule has 6 nitrogen and oxygen atoms in total. The fraction of sp³-hybridized carbons (Fsp3) is 0.263. The van der Waals surface area contributed by atoms with Gasteiger partial charge in [0.1, 0.15) is 11.4 Å². The van der Waals surface area contributed by atoms with E-state index in [-0.39, 0.29) is 6.23 Å². The molecule has 1 unspecified atom stereocenters. The molecule has 1 aromatic heterocycles. The predicted octanol–water partition coefficient (Wildman–Crippen LogP) is 3.63. The number of methoxy groups -OCH3 is 1. The van der Waals surface area contributed by atoms with Crippen molar-refractivity contribution in [1.29, 1.82) is 0 Å². The third-order valence-electron chi connectivity index (χ3n) is 4.34. The molecular formula is C19H19BrN4O2. The fourth-order valence-electron chi connectivity index (χ4n) is 3.08. The first-order valence-electron chi connectivity index (χ1n) is 8.40. The molecule has 0 aliphatic carbocycles. The lowest BCUT2D eigenvalue weighted by molar-refractivity contribution is 0.110. The van der Waals surface area contributed by atoms with Gasteiger partial charge in [-0.25, -0.2) is 4.68 Å². The van der Waals surface area contributed by atoms with Crippen LogP contribution in [0.5, 0.6) is 5.75 Å². The Balaban J connectivity index is 1.52. The van der Waals surface area contributed by atoms with E-state index in [0.29, 0.717) is 13.2 Å². The van der Waals surface area contributed by atoms with Crippen LogP contribution in [0, 0.1) is 0 Å². The zero-order chi connectivity index (χ0) is 17.9. The fourth-order valence-corrected chi connectivity index (χ4v) is 3.53. The molecule has 2 aromatic carbocycles. The van der Waals surface area contributed by atoms with Gasteiger partial charge < -0.3 is 14.4 Å². The summed E-state index contributed by atoms with van der Waals surface area (Å²) in [5, 5.41) is 8.60. The molecule has 26 heavy (non-hydrogen) atoms. The number of benzene rings is 2. The van der Waals surface area contributed by atoms with E-state index in [9.17, 15) is 0 Å². The van der Waals surface area contributed by atoms with Crippen molar-refractivity contribution in [2.45, 2.75) is 12.8 Å². The van der Waals surface area contributed by atoms with Gasteiger partial charge in [0.2, 0.25) is 0 Å². The third kappa shape index (κ3) is 3.59. The average Bonchev–Trinajstić information content (AvgIpc) is 3.31. The zero-order valence-corrected chi connectivity index (χ0v) is 16.0. The molecule has 4 rings (SSSR count). The summed E-state index contributed by atoms with van der Waals surface area (Å²) in [4.78, 5) is 2.19. The summed E-state index contributed by atoms with van der Waals surface area (Å²) in [5.74, 6) is 0.838. The Bertz CT molecular complexity index is 881. The molecule has 134 valence electrons. The molecule has 1 aliphatic rings. The first kappa shape index (κ1) is 17.1. The van der Waals surface area contributed by atoms with Crippen LogP contribution in [0.25, 0.3) is 0 Å². The molecule has 3 aromatic rings. The van der Waals surface area contributed by atoms with Gasteiger partial charge in [-0.2, -0.15) is 0 Å². The number of anilines is 1. The third-order valence-corrected chi connectivity index (χ3v) is 4.83. The molecule has 7 heteroatoms. The van der Waals surface area contributed by atoms with Gasteiger partial charge in [-0.3, -0.25) is 0 Å². The Morgan fingerprint density at radius 2 is 2.08 bits per heavy atom. The summed E-state index contributed by atoms with van der Waals surface area (Å²) in [6, 6.07) is 16.2. The highest BCUT2D eigenvalue weighted by Gasteiger charge is 2.29. The van der Waals surface area contributed by atoms with Gasteiger partial charge in [-0.1, -0.05) is 33.3 Å². The van der Waals surface area contributed by atoms with E-state index < -0.39 is 0 Å². The quantitative estimate of drug-likeness (QED) is 0.637. The Morgan fingerprint density at radius 1 is 1.23 bits per heavy atom. The van der Waals surface area contributed by atoms with Gasteiger partial charge >= 0.3 is 0 Å². The smallest absolute Gasteiger partial charge is 0.177 e. The monoisotopic (exact) mass is 414 g/mol. The van der Waals surface area contributed by atoms with Crippen LogP contribution >= 0.6 is 15.9 Å². The molecule has 0 N–H and O–H groups in total. The van der Waals surface area contributed by atoms with Gasteiger partial charge in [0.15, 0.2) is 6.23 Å². The van der Waals surface area contributed by atoms with Crippen molar-refractivity contribution in [3.63, 3.8) is 0 Å². The molecule has 1 fully saturated rings. The van der Waals surface area contributed by atoms with Gasteiger partial charge in [-0.05, 0) is 42.0 Å². The van der Waals surface area contributed by atoms with Gasteiger partial charge in [0, 0.05) is 16.7 Å².